The first-order valence-corrected chi connectivity index (χ1v) is 5.50. The standard InChI is InChI=1S/C14H16N2O/c1-17-14-8-2-11(3-9-14)10-16-13-6-4-12(15)5-7-13/h2-9,16H,10,15H2,1H3. The summed E-state index contributed by atoms with van der Waals surface area (Å²) in [5.74, 6) is 0.876. The Morgan fingerprint density at radius 3 is 2.24 bits per heavy atom. The van der Waals surface area contributed by atoms with Crippen molar-refractivity contribution in [3.63, 3.8) is 0 Å². The van der Waals surface area contributed by atoms with E-state index in [1.165, 1.54) is 5.56 Å². The summed E-state index contributed by atoms with van der Waals surface area (Å²) in [6.07, 6.45) is 0. The maximum absolute atomic E-state index is 5.62. The van der Waals surface area contributed by atoms with E-state index in [0.29, 0.717) is 0 Å². The molecule has 3 nitrogen and oxygen atoms in total. The first-order valence-electron chi connectivity index (χ1n) is 5.50. The smallest absolute Gasteiger partial charge is 0.118 e. The Morgan fingerprint density at radius 1 is 1.00 bits per heavy atom. The monoisotopic (exact) mass is 228 g/mol. The number of rotatable bonds is 4. The van der Waals surface area contributed by atoms with Crippen molar-refractivity contribution in [3.8, 4) is 5.75 Å². The molecule has 2 aromatic rings. The van der Waals surface area contributed by atoms with E-state index in [0.717, 1.165) is 23.7 Å². The van der Waals surface area contributed by atoms with Crippen molar-refractivity contribution in [2.24, 2.45) is 0 Å². The zero-order valence-electron chi connectivity index (χ0n) is 9.81. The molecule has 2 rings (SSSR count). The fourth-order valence-electron chi connectivity index (χ4n) is 1.55. The predicted molar refractivity (Wildman–Crippen MR) is 71.2 cm³/mol. The molecule has 0 aliphatic carbocycles. The summed E-state index contributed by atoms with van der Waals surface area (Å²) in [7, 11) is 1.67. The third-order valence-electron chi connectivity index (χ3n) is 2.57. The van der Waals surface area contributed by atoms with Crippen LogP contribution >= 0.6 is 0 Å². The Balaban J connectivity index is 1.95. The lowest BCUT2D eigenvalue weighted by Crippen LogP contribution is -1.99. The van der Waals surface area contributed by atoms with Gasteiger partial charge in [-0.1, -0.05) is 12.1 Å². The summed E-state index contributed by atoms with van der Waals surface area (Å²) in [5, 5.41) is 3.33. The van der Waals surface area contributed by atoms with Crippen molar-refractivity contribution in [1.82, 2.24) is 0 Å². The Hall–Kier alpha value is -2.16. The van der Waals surface area contributed by atoms with Gasteiger partial charge < -0.3 is 15.8 Å². The molecule has 0 saturated heterocycles. The molecule has 0 atom stereocenters. The molecule has 0 aromatic heterocycles. The summed E-state index contributed by atoms with van der Waals surface area (Å²) in [6.45, 7) is 0.786. The van der Waals surface area contributed by atoms with Gasteiger partial charge in [-0.15, -0.1) is 0 Å². The average Bonchev–Trinajstić information content (AvgIpc) is 2.39. The molecule has 3 N–H and O–H groups in total. The van der Waals surface area contributed by atoms with E-state index in [4.69, 9.17) is 10.5 Å². The van der Waals surface area contributed by atoms with E-state index in [1.54, 1.807) is 7.11 Å². The highest BCUT2D eigenvalue weighted by molar-refractivity contribution is 5.51. The minimum Gasteiger partial charge on any atom is -0.497 e. The van der Waals surface area contributed by atoms with Gasteiger partial charge in [0.15, 0.2) is 0 Å². The molecule has 0 radical (unpaired) electrons. The van der Waals surface area contributed by atoms with Crippen LogP contribution in [0.15, 0.2) is 48.5 Å². The van der Waals surface area contributed by atoms with Gasteiger partial charge in [0.1, 0.15) is 5.75 Å². The highest BCUT2D eigenvalue weighted by atomic mass is 16.5. The lowest BCUT2D eigenvalue weighted by atomic mass is 10.2. The van der Waals surface area contributed by atoms with E-state index >= 15 is 0 Å². The minimum absolute atomic E-state index is 0.778. The van der Waals surface area contributed by atoms with Crippen molar-refractivity contribution < 1.29 is 4.74 Å². The van der Waals surface area contributed by atoms with Gasteiger partial charge in [0.2, 0.25) is 0 Å². The van der Waals surface area contributed by atoms with E-state index < -0.39 is 0 Å². The summed E-state index contributed by atoms with van der Waals surface area (Å²) in [4.78, 5) is 0. The minimum atomic E-state index is 0.778. The molecule has 0 bridgehead atoms. The predicted octanol–water partition coefficient (Wildman–Crippen LogP) is 2.89. The lowest BCUT2D eigenvalue weighted by molar-refractivity contribution is 0.414. The fraction of sp³-hybridized carbons (Fsp3) is 0.143. The molecule has 0 aliphatic rings. The maximum Gasteiger partial charge on any atom is 0.118 e. The van der Waals surface area contributed by atoms with Crippen LogP contribution in [0.5, 0.6) is 5.75 Å². The Kier molecular flexibility index (Phi) is 3.50. The molecular formula is C14H16N2O. The lowest BCUT2D eigenvalue weighted by Gasteiger charge is -2.07. The van der Waals surface area contributed by atoms with Crippen molar-refractivity contribution in [1.29, 1.82) is 0 Å². The molecule has 0 aliphatic heterocycles. The zero-order chi connectivity index (χ0) is 12.1. The van der Waals surface area contributed by atoms with Crippen LogP contribution in [-0.4, -0.2) is 7.11 Å². The number of benzene rings is 2. The molecule has 0 unspecified atom stereocenters. The van der Waals surface area contributed by atoms with Crippen molar-refractivity contribution in [2.45, 2.75) is 6.54 Å². The second-order valence-electron chi connectivity index (χ2n) is 3.82. The van der Waals surface area contributed by atoms with E-state index in [1.807, 2.05) is 48.5 Å². The molecule has 88 valence electrons. The first kappa shape index (κ1) is 11.3. The molecule has 0 heterocycles. The topological polar surface area (TPSA) is 47.3 Å². The van der Waals surface area contributed by atoms with Crippen LogP contribution in [0.2, 0.25) is 0 Å². The van der Waals surface area contributed by atoms with Gasteiger partial charge in [0.25, 0.3) is 0 Å². The maximum atomic E-state index is 5.62. The molecule has 0 saturated carbocycles. The molecule has 0 fully saturated rings. The SMILES string of the molecule is COc1ccc(CNc2ccc(N)cc2)cc1. The summed E-state index contributed by atoms with van der Waals surface area (Å²) < 4.78 is 5.11. The highest BCUT2D eigenvalue weighted by Crippen LogP contribution is 2.14. The number of anilines is 2. The largest absolute Gasteiger partial charge is 0.497 e. The third kappa shape index (κ3) is 3.14. The second-order valence-corrected chi connectivity index (χ2v) is 3.82. The van der Waals surface area contributed by atoms with Crippen LogP contribution in [-0.2, 0) is 6.54 Å². The summed E-state index contributed by atoms with van der Waals surface area (Å²) in [6, 6.07) is 15.7. The van der Waals surface area contributed by atoms with Crippen LogP contribution < -0.4 is 15.8 Å². The van der Waals surface area contributed by atoms with Gasteiger partial charge >= 0.3 is 0 Å². The quantitative estimate of drug-likeness (QED) is 0.791. The highest BCUT2D eigenvalue weighted by Gasteiger charge is 1.95. The molecule has 2 aromatic carbocycles. The Labute approximate surface area is 101 Å². The Bertz CT molecular complexity index is 463. The molecule has 0 spiro atoms. The number of nitrogens with one attached hydrogen (secondary N) is 1. The van der Waals surface area contributed by atoms with E-state index in [9.17, 15) is 0 Å². The van der Waals surface area contributed by atoms with Crippen LogP contribution in [0.4, 0.5) is 11.4 Å². The van der Waals surface area contributed by atoms with Crippen molar-refractivity contribution >= 4 is 11.4 Å². The average molecular weight is 228 g/mol. The van der Waals surface area contributed by atoms with Gasteiger partial charge in [0, 0.05) is 17.9 Å². The number of hydrogen-bond donors (Lipinski definition) is 2. The second kappa shape index (κ2) is 5.25. The van der Waals surface area contributed by atoms with Crippen molar-refractivity contribution in [3.05, 3.63) is 54.1 Å². The van der Waals surface area contributed by atoms with Gasteiger partial charge in [-0.25, -0.2) is 0 Å². The van der Waals surface area contributed by atoms with Gasteiger partial charge in [0.05, 0.1) is 7.11 Å². The normalized spacial score (nSPS) is 9.94. The third-order valence-corrected chi connectivity index (χ3v) is 2.57. The first-order chi connectivity index (χ1) is 8.28. The number of nitrogens with two attached hydrogens (primary N) is 1. The Morgan fingerprint density at radius 2 is 1.65 bits per heavy atom. The van der Waals surface area contributed by atoms with E-state index in [2.05, 4.69) is 5.32 Å². The van der Waals surface area contributed by atoms with Crippen molar-refractivity contribution in [2.75, 3.05) is 18.2 Å². The van der Waals surface area contributed by atoms with Crippen LogP contribution in [0.1, 0.15) is 5.56 Å². The number of ether oxygens (including phenoxy) is 1. The number of methoxy groups -OCH3 is 1. The van der Waals surface area contributed by atoms with Gasteiger partial charge in [-0.3, -0.25) is 0 Å². The molecule has 0 amide bonds. The van der Waals surface area contributed by atoms with Crippen LogP contribution in [0.3, 0.4) is 0 Å². The van der Waals surface area contributed by atoms with Gasteiger partial charge in [-0.05, 0) is 42.0 Å². The molecule has 17 heavy (non-hydrogen) atoms. The zero-order valence-corrected chi connectivity index (χ0v) is 9.81. The van der Waals surface area contributed by atoms with Crippen LogP contribution in [0.25, 0.3) is 0 Å². The summed E-state index contributed by atoms with van der Waals surface area (Å²) >= 11 is 0. The van der Waals surface area contributed by atoms with E-state index in [-0.39, 0.29) is 0 Å². The molecular weight excluding hydrogens is 212 g/mol. The summed E-state index contributed by atoms with van der Waals surface area (Å²) in [5.41, 5.74) is 8.68. The fourth-order valence-corrected chi connectivity index (χ4v) is 1.55. The molecule has 3 heteroatoms. The number of hydrogen-bond acceptors (Lipinski definition) is 3. The number of nitrogen functional groups attached to an aromatic ring is 1. The van der Waals surface area contributed by atoms with Gasteiger partial charge in [-0.2, -0.15) is 0 Å². The van der Waals surface area contributed by atoms with Crippen LogP contribution in [0, 0.1) is 0 Å².